The minimum Gasteiger partial charge on any atom is -0.489 e. The number of furan rings is 1. The van der Waals surface area contributed by atoms with E-state index in [-0.39, 0.29) is 28.0 Å². The second kappa shape index (κ2) is 7.79. The van der Waals surface area contributed by atoms with Gasteiger partial charge in [-0.05, 0) is 24.3 Å². The number of benzene rings is 1. The molecule has 2 heterocycles. The molecule has 0 aliphatic carbocycles. The maximum Gasteiger partial charge on any atom is 0.338 e. The van der Waals surface area contributed by atoms with Gasteiger partial charge in [0, 0.05) is 20.5 Å². The van der Waals surface area contributed by atoms with E-state index in [9.17, 15) is 13.2 Å². The van der Waals surface area contributed by atoms with E-state index in [1.54, 1.807) is 0 Å². The van der Waals surface area contributed by atoms with E-state index < -0.39 is 16.0 Å². The first-order valence-electron chi connectivity index (χ1n) is 8.06. The van der Waals surface area contributed by atoms with Crippen molar-refractivity contribution in [3.63, 3.8) is 0 Å². The van der Waals surface area contributed by atoms with Gasteiger partial charge < -0.3 is 18.6 Å². The molecule has 27 heavy (non-hydrogen) atoms. The van der Waals surface area contributed by atoms with E-state index in [1.165, 1.54) is 38.4 Å². The maximum atomic E-state index is 12.3. The Morgan fingerprint density at radius 2 is 1.96 bits per heavy atom. The Labute approximate surface area is 161 Å². The highest BCUT2D eigenvalue weighted by atomic mass is 35.5. The SMILES string of the molecule is CN(C)S(=O)(=O)c1ccc(COC(=O)c2cc(Cl)c3c(c2)OCCCO3)o1. The molecule has 0 N–H and O–H groups in total. The third kappa shape index (κ3) is 4.20. The second-order valence-corrected chi connectivity index (χ2v) is 8.41. The van der Waals surface area contributed by atoms with E-state index in [2.05, 4.69) is 0 Å². The van der Waals surface area contributed by atoms with Crippen molar-refractivity contribution < 1.29 is 31.8 Å². The van der Waals surface area contributed by atoms with Crippen molar-refractivity contribution in [2.24, 2.45) is 0 Å². The molecule has 1 aliphatic heterocycles. The van der Waals surface area contributed by atoms with Crippen LogP contribution in [0.4, 0.5) is 0 Å². The summed E-state index contributed by atoms with van der Waals surface area (Å²) in [6.45, 7) is 0.707. The zero-order chi connectivity index (χ0) is 19.6. The summed E-state index contributed by atoms with van der Waals surface area (Å²) < 4.78 is 46.5. The fourth-order valence-electron chi connectivity index (χ4n) is 2.32. The van der Waals surface area contributed by atoms with E-state index >= 15 is 0 Å². The lowest BCUT2D eigenvalue weighted by Crippen LogP contribution is -2.21. The molecule has 0 amide bonds. The number of rotatable bonds is 5. The maximum absolute atomic E-state index is 12.3. The van der Waals surface area contributed by atoms with Crippen LogP contribution in [0.15, 0.2) is 33.8 Å². The van der Waals surface area contributed by atoms with Crippen LogP contribution in [-0.4, -0.2) is 46.0 Å². The number of hydrogen-bond donors (Lipinski definition) is 0. The number of ether oxygens (including phenoxy) is 3. The van der Waals surface area contributed by atoms with Crippen molar-refractivity contribution in [1.29, 1.82) is 0 Å². The molecule has 0 saturated heterocycles. The summed E-state index contributed by atoms with van der Waals surface area (Å²) in [5.41, 5.74) is 0.192. The van der Waals surface area contributed by atoms with Crippen LogP contribution in [0.1, 0.15) is 22.5 Å². The lowest BCUT2D eigenvalue weighted by Gasteiger charge is -2.11. The zero-order valence-corrected chi connectivity index (χ0v) is 16.3. The van der Waals surface area contributed by atoms with Gasteiger partial charge in [0.25, 0.3) is 10.0 Å². The molecule has 0 bridgehead atoms. The monoisotopic (exact) mass is 415 g/mol. The summed E-state index contributed by atoms with van der Waals surface area (Å²) in [6.07, 6.45) is 0.710. The van der Waals surface area contributed by atoms with E-state index in [4.69, 9.17) is 30.2 Å². The highest BCUT2D eigenvalue weighted by Gasteiger charge is 2.23. The Morgan fingerprint density at radius 1 is 1.22 bits per heavy atom. The Balaban J connectivity index is 1.71. The molecule has 0 atom stereocenters. The van der Waals surface area contributed by atoms with Crippen LogP contribution < -0.4 is 9.47 Å². The molecule has 1 aromatic heterocycles. The number of esters is 1. The minimum absolute atomic E-state index is 0.192. The summed E-state index contributed by atoms with van der Waals surface area (Å²) >= 11 is 6.16. The lowest BCUT2D eigenvalue weighted by atomic mass is 10.2. The predicted octanol–water partition coefficient (Wildman–Crippen LogP) is 2.70. The van der Waals surface area contributed by atoms with Gasteiger partial charge in [0.1, 0.15) is 12.4 Å². The molecule has 0 saturated carbocycles. The fourth-order valence-corrected chi connectivity index (χ4v) is 3.40. The highest BCUT2D eigenvalue weighted by molar-refractivity contribution is 7.88. The van der Waals surface area contributed by atoms with Crippen molar-refractivity contribution in [2.45, 2.75) is 18.1 Å². The normalized spacial score (nSPS) is 14.1. The summed E-state index contributed by atoms with van der Waals surface area (Å²) in [6, 6.07) is 5.67. The average molecular weight is 416 g/mol. The smallest absolute Gasteiger partial charge is 0.338 e. The number of nitrogens with zero attached hydrogens (tertiary/aromatic N) is 1. The second-order valence-electron chi connectivity index (χ2n) is 5.92. The standard InChI is InChI=1S/C17H18ClNO7S/c1-19(2)27(21,22)15-5-4-12(26-15)10-25-17(20)11-8-13(18)16-14(9-11)23-6-3-7-24-16/h4-5,8-9H,3,6-7,10H2,1-2H3. The van der Waals surface area contributed by atoms with Gasteiger partial charge in [-0.2, -0.15) is 0 Å². The molecule has 0 unspecified atom stereocenters. The van der Waals surface area contributed by atoms with Gasteiger partial charge in [0.15, 0.2) is 11.5 Å². The Hall–Kier alpha value is -2.23. The van der Waals surface area contributed by atoms with Gasteiger partial charge in [-0.25, -0.2) is 17.5 Å². The molecule has 1 aliphatic rings. The number of hydrogen-bond acceptors (Lipinski definition) is 7. The topological polar surface area (TPSA) is 95.3 Å². The molecule has 3 rings (SSSR count). The van der Waals surface area contributed by atoms with Gasteiger partial charge in [-0.3, -0.25) is 0 Å². The number of fused-ring (bicyclic) bond motifs is 1. The first-order chi connectivity index (χ1) is 12.8. The molecular formula is C17H18ClNO7S. The Kier molecular flexibility index (Phi) is 5.64. The van der Waals surface area contributed by atoms with E-state index in [0.29, 0.717) is 31.1 Å². The quantitative estimate of drug-likeness (QED) is 0.692. The first-order valence-corrected chi connectivity index (χ1v) is 9.88. The van der Waals surface area contributed by atoms with E-state index in [1.807, 2.05) is 0 Å². The highest BCUT2D eigenvalue weighted by Crippen LogP contribution is 2.38. The van der Waals surface area contributed by atoms with Crippen LogP contribution in [0.3, 0.4) is 0 Å². The minimum atomic E-state index is -3.69. The van der Waals surface area contributed by atoms with Crippen LogP contribution in [0, 0.1) is 0 Å². The van der Waals surface area contributed by atoms with Crippen LogP contribution in [0.25, 0.3) is 0 Å². The third-order valence-corrected chi connectivity index (χ3v) is 5.73. The van der Waals surface area contributed by atoms with Gasteiger partial charge in [0.2, 0.25) is 5.09 Å². The molecule has 0 radical (unpaired) electrons. The van der Waals surface area contributed by atoms with Crippen molar-refractivity contribution in [2.75, 3.05) is 27.3 Å². The molecular weight excluding hydrogens is 398 g/mol. The Morgan fingerprint density at radius 3 is 2.70 bits per heavy atom. The van der Waals surface area contributed by atoms with Crippen molar-refractivity contribution in [3.05, 3.63) is 40.6 Å². The van der Waals surface area contributed by atoms with Crippen molar-refractivity contribution >= 4 is 27.6 Å². The van der Waals surface area contributed by atoms with Crippen LogP contribution in [0.5, 0.6) is 11.5 Å². The summed E-state index contributed by atoms with van der Waals surface area (Å²) in [5.74, 6) is 0.324. The van der Waals surface area contributed by atoms with Gasteiger partial charge >= 0.3 is 5.97 Å². The number of carbonyl (C=O) groups is 1. The number of halogens is 1. The van der Waals surface area contributed by atoms with E-state index in [0.717, 1.165) is 4.31 Å². The van der Waals surface area contributed by atoms with Crippen LogP contribution in [0.2, 0.25) is 5.02 Å². The largest absolute Gasteiger partial charge is 0.489 e. The third-order valence-electron chi connectivity index (χ3n) is 3.76. The molecule has 10 heteroatoms. The molecule has 1 aromatic carbocycles. The number of sulfonamides is 1. The van der Waals surface area contributed by atoms with Crippen LogP contribution >= 0.6 is 11.6 Å². The lowest BCUT2D eigenvalue weighted by molar-refractivity contribution is 0.0440. The Bertz CT molecular complexity index is 952. The summed E-state index contributed by atoms with van der Waals surface area (Å²) in [7, 11) is -0.899. The molecule has 0 spiro atoms. The molecule has 146 valence electrons. The zero-order valence-electron chi connectivity index (χ0n) is 14.7. The predicted molar refractivity (Wildman–Crippen MR) is 95.8 cm³/mol. The first kappa shape index (κ1) is 19.5. The average Bonchev–Trinajstić information content (AvgIpc) is 2.98. The summed E-state index contributed by atoms with van der Waals surface area (Å²) in [4.78, 5) is 12.3. The van der Waals surface area contributed by atoms with Gasteiger partial charge in [-0.15, -0.1) is 0 Å². The van der Waals surface area contributed by atoms with Crippen molar-refractivity contribution in [3.8, 4) is 11.5 Å². The van der Waals surface area contributed by atoms with Crippen molar-refractivity contribution in [1.82, 2.24) is 4.31 Å². The fraction of sp³-hybridized carbons (Fsp3) is 0.353. The number of carbonyl (C=O) groups excluding carboxylic acids is 1. The molecule has 8 nitrogen and oxygen atoms in total. The molecule has 0 fully saturated rings. The summed E-state index contributed by atoms with van der Waals surface area (Å²) in [5, 5.41) is 0.0240. The van der Waals surface area contributed by atoms with Crippen LogP contribution in [-0.2, 0) is 21.4 Å². The molecule has 2 aromatic rings. The van der Waals surface area contributed by atoms with Gasteiger partial charge in [0.05, 0.1) is 23.8 Å². The van der Waals surface area contributed by atoms with Gasteiger partial charge in [-0.1, -0.05) is 11.6 Å².